The van der Waals surface area contributed by atoms with Gasteiger partial charge in [-0.3, -0.25) is 5.32 Å². The van der Waals surface area contributed by atoms with E-state index in [1.807, 2.05) is 0 Å². The van der Waals surface area contributed by atoms with Gasteiger partial charge in [-0.2, -0.15) is 0 Å². The van der Waals surface area contributed by atoms with Gasteiger partial charge in [-0.15, -0.1) is 0 Å². The van der Waals surface area contributed by atoms with Crippen LogP contribution in [0.15, 0.2) is 18.2 Å². The Hall–Kier alpha value is -1.30. The van der Waals surface area contributed by atoms with Gasteiger partial charge in [0.1, 0.15) is 5.60 Å². The summed E-state index contributed by atoms with van der Waals surface area (Å²) in [6.45, 7) is 6.79. The molecule has 5 nitrogen and oxygen atoms in total. The number of aliphatic hydroxyl groups excluding tert-OH is 1. The Bertz CT molecular complexity index is 496. The maximum atomic E-state index is 11.6. The summed E-state index contributed by atoms with van der Waals surface area (Å²) in [5.74, 6) is 0. The van der Waals surface area contributed by atoms with E-state index in [1.165, 1.54) is 0 Å². The molecule has 0 aliphatic heterocycles. The zero-order valence-corrected chi connectivity index (χ0v) is 12.9. The molecule has 1 aromatic carbocycles. The number of nitrogens with one attached hydrogen (secondary N) is 1. The highest BCUT2D eigenvalue weighted by Crippen LogP contribution is 2.28. The second kappa shape index (κ2) is 5.99. The summed E-state index contributed by atoms with van der Waals surface area (Å²) in [4.78, 5) is 11.6. The lowest BCUT2D eigenvalue weighted by molar-refractivity contribution is 0.0636. The molecule has 1 unspecified atom stereocenters. The van der Waals surface area contributed by atoms with Crippen LogP contribution in [-0.4, -0.2) is 23.4 Å². The molecule has 1 rings (SSSR count). The number of ether oxygens (including phenoxy) is 1. The Morgan fingerprint density at radius 3 is 2.45 bits per heavy atom. The van der Waals surface area contributed by atoms with Crippen molar-refractivity contribution < 1.29 is 14.6 Å². The molecule has 20 heavy (non-hydrogen) atoms. The number of rotatable bonds is 3. The van der Waals surface area contributed by atoms with E-state index >= 15 is 0 Å². The van der Waals surface area contributed by atoms with Gasteiger partial charge in [0.25, 0.3) is 0 Å². The first-order valence-corrected chi connectivity index (χ1v) is 6.63. The number of anilines is 1. The van der Waals surface area contributed by atoms with Gasteiger partial charge in [0.15, 0.2) is 0 Å². The lowest BCUT2D eigenvalue weighted by Gasteiger charge is -2.24. The normalized spacial score (nSPS) is 14.6. The quantitative estimate of drug-likeness (QED) is 0.801. The number of hydrogen-bond acceptors (Lipinski definition) is 4. The Kier molecular flexibility index (Phi) is 5.02. The topological polar surface area (TPSA) is 84.6 Å². The predicted octanol–water partition coefficient (Wildman–Crippen LogP) is 2.85. The largest absolute Gasteiger partial charge is 0.444 e. The van der Waals surface area contributed by atoms with Crippen molar-refractivity contribution in [2.24, 2.45) is 5.73 Å². The summed E-state index contributed by atoms with van der Waals surface area (Å²) in [6, 6.07) is 4.90. The van der Waals surface area contributed by atoms with Crippen LogP contribution in [0, 0.1) is 0 Å². The number of halogens is 1. The highest BCUT2D eigenvalue weighted by molar-refractivity contribution is 6.31. The minimum atomic E-state index is -0.929. The number of carbonyl (C=O) groups is 1. The van der Waals surface area contributed by atoms with Gasteiger partial charge in [0, 0.05) is 10.7 Å². The van der Waals surface area contributed by atoms with E-state index < -0.39 is 17.2 Å². The van der Waals surface area contributed by atoms with Gasteiger partial charge >= 0.3 is 6.09 Å². The van der Waals surface area contributed by atoms with Crippen molar-refractivity contribution in [3.8, 4) is 0 Å². The third-order valence-corrected chi connectivity index (χ3v) is 2.87. The van der Waals surface area contributed by atoms with Gasteiger partial charge in [-0.05, 0) is 45.4 Å². The molecule has 0 aliphatic carbocycles. The number of hydrogen-bond donors (Lipinski definition) is 3. The third-order valence-electron chi connectivity index (χ3n) is 2.56. The van der Waals surface area contributed by atoms with Gasteiger partial charge < -0.3 is 15.6 Å². The highest BCUT2D eigenvalue weighted by Gasteiger charge is 2.23. The number of amides is 1. The maximum Gasteiger partial charge on any atom is 0.412 e. The molecule has 0 radical (unpaired) electrons. The molecular weight excluding hydrogens is 280 g/mol. The molecule has 112 valence electrons. The molecule has 0 aromatic heterocycles. The number of carbonyl (C=O) groups excluding carboxylic acids is 1. The molecule has 1 atom stereocenters. The van der Waals surface area contributed by atoms with Crippen LogP contribution < -0.4 is 11.1 Å². The Morgan fingerprint density at radius 1 is 1.40 bits per heavy atom. The minimum Gasteiger partial charge on any atom is -0.444 e. The molecule has 0 saturated carbocycles. The third kappa shape index (κ3) is 4.67. The predicted molar refractivity (Wildman–Crippen MR) is 79.9 cm³/mol. The van der Waals surface area contributed by atoms with Crippen molar-refractivity contribution in [3.63, 3.8) is 0 Å². The second-order valence-corrected chi connectivity index (χ2v) is 6.30. The van der Waals surface area contributed by atoms with Gasteiger partial charge in [0.2, 0.25) is 0 Å². The van der Waals surface area contributed by atoms with Crippen LogP contribution in [0.2, 0.25) is 5.02 Å². The molecule has 0 bridgehead atoms. The van der Waals surface area contributed by atoms with E-state index in [9.17, 15) is 9.90 Å². The second-order valence-electron chi connectivity index (χ2n) is 5.90. The van der Waals surface area contributed by atoms with E-state index in [4.69, 9.17) is 22.1 Å². The Labute approximate surface area is 124 Å². The smallest absolute Gasteiger partial charge is 0.412 e. The number of benzene rings is 1. The van der Waals surface area contributed by atoms with Crippen molar-refractivity contribution >= 4 is 23.4 Å². The van der Waals surface area contributed by atoms with Gasteiger partial charge in [-0.25, -0.2) is 4.79 Å². The monoisotopic (exact) mass is 300 g/mol. The van der Waals surface area contributed by atoms with Crippen molar-refractivity contribution in [3.05, 3.63) is 28.8 Å². The molecule has 6 heteroatoms. The molecule has 4 N–H and O–H groups in total. The van der Waals surface area contributed by atoms with Crippen LogP contribution in [-0.2, 0) is 10.3 Å². The van der Waals surface area contributed by atoms with Crippen molar-refractivity contribution in [2.45, 2.75) is 38.8 Å². The lowest BCUT2D eigenvalue weighted by atomic mass is 9.94. The summed E-state index contributed by atoms with van der Waals surface area (Å²) in [5, 5.41) is 12.2. The first-order valence-electron chi connectivity index (χ1n) is 6.25. The van der Waals surface area contributed by atoms with E-state index in [1.54, 1.807) is 45.9 Å². The van der Waals surface area contributed by atoms with E-state index in [-0.39, 0.29) is 6.61 Å². The molecule has 0 aliphatic rings. The first-order chi connectivity index (χ1) is 9.05. The van der Waals surface area contributed by atoms with Crippen molar-refractivity contribution in [1.29, 1.82) is 0 Å². The fraction of sp³-hybridized carbons (Fsp3) is 0.500. The molecular formula is C14H21ClN2O3. The van der Waals surface area contributed by atoms with E-state index in [2.05, 4.69) is 5.32 Å². The number of nitrogens with two attached hydrogens (primary N) is 1. The summed E-state index contributed by atoms with van der Waals surface area (Å²) < 4.78 is 5.14. The fourth-order valence-electron chi connectivity index (χ4n) is 1.56. The SMILES string of the molecule is CC(C)(C)OC(=O)Nc1ccc(C(C)(N)CO)c(Cl)c1. The van der Waals surface area contributed by atoms with Crippen LogP contribution in [0.3, 0.4) is 0 Å². The average Bonchev–Trinajstić information content (AvgIpc) is 2.25. The van der Waals surface area contributed by atoms with Crippen molar-refractivity contribution in [1.82, 2.24) is 0 Å². The Balaban J connectivity index is 2.86. The summed E-state index contributed by atoms with van der Waals surface area (Å²) in [7, 11) is 0. The standard InChI is InChI=1S/C14H21ClN2O3/c1-13(2,3)20-12(19)17-9-5-6-10(11(15)7-9)14(4,16)8-18/h5-7,18H,8,16H2,1-4H3,(H,17,19). The van der Waals surface area contributed by atoms with Crippen LogP contribution in [0.25, 0.3) is 0 Å². The highest BCUT2D eigenvalue weighted by atomic mass is 35.5. The molecule has 0 heterocycles. The zero-order valence-electron chi connectivity index (χ0n) is 12.2. The fourth-order valence-corrected chi connectivity index (χ4v) is 1.96. The molecule has 1 amide bonds. The zero-order chi connectivity index (χ0) is 15.6. The summed E-state index contributed by atoms with van der Waals surface area (Å²) >= 11 is 6.13. The van der Waals surface area contributed by atoms with E-state index in [0.717, 1.165) is 0 Å². The van der Waals surface area contributed by atoms with Crippen LogP contribution in [0.4, 0.5) is 10.5 Å². The first kappa shape index (κ1) is 16.8. The van der Waals surface area contributed by atoms with Crippen LogP contribution >= 0.6 is 11.6 Å². The number of aliphatic hydroxyl groups is 1. The summed E-state index contributed by atoms with van der Waals surface area (Å²) in [6.07, 6.45) is -0.556. The maximum absolute atomic E-state index is 11.6. The Morgan fingerprint density at radius 2 is 2.00 bits per heavy atom. The lowest BCUT2D eigenvalue weighted by Crippen LogP contribution is -2.37. The molecule has 0 spiro atoms. The van der Waals surface area contributed by atoms with Gasteiger partial charge in [0.05, 0.1) is 12.1 Å². The molecule has 0 fully saturated rings. The van der Waals surface area contributed by atoms with E-state index in [0.29, 0.717) is 16.3 Å². The van der Waals surface area contributed by atoms with Crippen molar-refractivity contribution in [2.75, 3.05) is 11.9 Å². The molecule has 1 aromatic rings. The van der Waals surface area contributed by atoms with Crippen LogP contribution in [0.1, 0.15) is 33.3 Å². The summed E-state index contributed by atoms with van der Waals surface area (Å²) in [5.41, 5.74) is 5.54. The minimum absolute atomic E-state index is 0.231. The van der Waals surface area contributed by atoms with Crippen LogP contribution in [0.5, 0.6) is 0 Å². The van der Waals surface area contributed by atoms with Gasteiger partial charge in [-0.1, -0.05) is 17.7 Å². The molecule has 0 saturated heterocycles. The average molecular weight is 301 g/mol.